The number of anilines is 1. The molecule has 2 rings (SSSR count). The molecule has 1 amide bonds. The van der Waals surface area contributed by atoms with Gasteiger partial charge in [0.05, 0.1) is 13.2 Å². The minimum atomic E-state index is -0.389. The summed E-state index contributed by atoms with van der Waals surface area (Å²) in [5.74, 6) is 0.454. The fourth-order valence-electron chi connectivity index (χ4n) is 2.22. The molecule has 0 fully saturated rings. The lowest BCUT2D eigenvalue weighted by Gasteiger charge is -2.11. The molecule has 0 saturated carbocycles. The molecule has 0 unspecified atom stereocenters. The summed E-state index contributed by atoms with van der Waals surface area (Å²) in [6, 6.07) is 14.3. The van der Waals surface area contributed by atoms with Gasteiger partial charge in [-0.15, -0.1) is 0 Å². The summed E-state index contributed by atoms with van der Waals surface area (Å²) in [4.78, 5) is 23.4. The summed E-state index contributed by atoms with van der Waals surface area (Å²) in [5.41, 5.74) is 1.46. The number of carbonyl (C=O) groups excluding carboxylic acids is 2. The highest BCUT2D eigenvalue weighted by atomic mass is 16.5. The van der Waals surface area contributed by atoms with Crippen molar-refractivity contribution in [3.05, 3.63) is 60.2 Å². The molecule has 0 atom stereocenters. The maximum atomic E-state index is 12.1. The molecule has 2 aromatic carbocycles. The molecule has 0 bridgehead atoms. The van der Waals surface area contributed by atoms with E-state index in [1.54, 1.807) is 49.4 Å². The van der Waals surface area contributed by atoms with Crippen molar-refractivity contribution in [2.24, 2.45) is 0 Å². The summed E-state index contributed by atoms with van der Waals surface area (Å²) >= 11 is 0. The number of carbonyl (C=O) groups is 2. The van der Waals surface area contributed by atoms with Crippen molar-refractivity contribution in [1.29, 1.82) is 0 Å². The Kier molecular flexibility index (Phi) is 7.91. The van der Waals surface area contributed by atoms with E-state index in [1.807, 2.05) is 19.1 Å². The number of hydrogen-bond acceptors (Lipinski definition) is 5. The Morgan fingerprint density at radius 1 is 0.926 bits per heavy atom. The van der Waals surface area contributed by atoms with Crippen LogP contribution in [0.15, 0.2) is 54.6 Å². The highest BCUT2D eigenvalue weighted by Crippen LogP contribution is 2.26. The first-order valence-corrected chi connectivity index (χ1v) is 8.71. The van der Waals surface area contributed by atoms with Crippen LogP contribution in [0.5, 0.6) is 11.5 Å². The Labute approximate surface area is 158 Å². The third-order valence-corrected chi connectivity index (χ3v) is 3.40. The maximum Gasteiger partial charge on any atom is 0.330 e. The van der Waals surface area contributed by atoms with Crippen molar-refractivity contribution in [1.82, 2.24) is 0 Å². The monoisotopic (exact) mass is 369 g/mol. The van der Waals surface area contributed by atoms with Gasteiger partial charge in [0.15, 0.2) is 18.1 Å². The molecule has 0 aliphatic carbocycles. The van der Waals surface area contributed by atoms with Gasteiger partial charge in [-0.25, -0.2) is 4.79 Å². The molecule has 0 aliphatic rings. The Bertz CT molecular complexity index is 783. The van der Waals surface area contributed by atoms with Gasteiger partial charge >= 0.3 is 5.97 Å². The van der Waals surface area contributed by atoms with E-state index in [2.05, 4.69) is 5.32 Å². The standard InChI is InChI=1S/C21H23NO5/c1-3-25-18-7-5-6-8-19(18)27-15-20(23)22-17-12-9-16(10-13-17)11-14-21(24)26-4-2/h5-14H,3-4,15H2,1-2H3,(H,22,23)/b14-11+. The largest absolute Gasteiger partial charge is 0.490 e. The summed E-state index contributed by atoms with van der Waals surface area (Å²) in [6.45, 7) is 4.36. The first kappa shape index (κ1) is 20.0. The van der Waals surface area contributed by atoms with E-state index < -0.39 is 0 Å². The number of nitrogens with one attached hydrogen (secondary N) is 1. The molecule has 142 valence electrons. The molecule has 2 aromatic rings. The van der Waals surface area contributed by atoms with E-state index in [9.17, 15) is 9.59 Å². The Hall–Kier alpha value is -3.28. The Morgan fingerprint density at radius 2 is 1.59 bits per heavy atom. The summed E-state index contributed by atoms with van der Waals surface area (Å²) < 4.78 is 15.8. The highest BCUT2D eigenvalue weighted by Gasteiger charge is 2.07. The lowest BCUT2D eigenvalue weighted by Crippen LogP contribution is -2.20. The van der Waals surface area contributed by atoms with Crippen molar-refractivity contribution in [3.63, 3.8) is 0 Å². The van der Waals surface area contributed by atoms with Crippen LogP contribution in [-0.4, -0.2) is 31.7 Å². The van der Waals surface area contributed by atoms with E-state index in [4.69, 9.17) is 14.2 Å². The lowest BCUT2D eigenvalue weighted by atomic mass is 10.2. The number of benzene rings is 2. The van der Waals surface area contributed by atoms with Gasteiger partial charge in [-0.1, -0.05) is 24.3 Å². The number of amides is 1. The van der Waals surface area contributed by atoms with Gasteiger partial charge in [-0.05, 0) is 49.8 Å². The lowest BCUT2D eigenvalue weighted by molar-refractivity contribution is -0.137. The van der Waals surface area contributed by atoms with Crippen molar-refractivity contribution in [3.8, 4) is 11.5 Å². The zero-order chi connectivity index (χ0) is 19.5. The van der Waals surface area contributed by atoms with Gasteiger partial charge in [0.1, 0.15) is 0 Å². The van der Waals surface area contributed by atoms with Gasteiger partial charge in [-0.2, -0.15) is 0 Å². The van der Waals surface area contributed by atoms with Crippen LogP contribution >= 0.6 is 0 Å². The molecule has 0 aromatic heterocycles. The van der Waals surface area contributed by atoms with Gasteiger partial charge in [-0.3, -0.25) is 4.79 Å². The van der Waals surface area contributed by atoms with Crippen LogP contribution in [0, 0.1) is 0 Å². The minimum absolute atomic E-state index is 0.130. The quantitative estimate of drug-likeness (QED) is 0.539. The second-order valence-corrected chi connectivity index (χ2v) is 5.42. The molecule has 1 N–H and O–H groups in total. The van der Waals surface area contributed by atoms with E-state index in [-0.39, 0.29) is 18.5 Å². The van der Waals surface area contributed by atoms with Crippen molar-refractivity contribution < 1.29 is 23.8 Å². The predicted octanol–water partition coefficient (Wildman–Crippen LogP) is 3.68. The first-order chi connectivity index (χ1) is 13.1. The molecule has 6 heteroatoms. The van der Waals surface area contributed by atoms with Crippen LogP contribution < -0.4 is 14.8 Å². The van der Waals surface area contributed by atoms with E-state index in [0.29, 0.717) is 30.4 Å². The van der Waals surface area contributed by atoms with E-state index in [0.717, 1.165) is 5.56 Å². The zero-order valence-electron chi connectivity index (χ0n) is 15.4. The van der Waals surface area contributed by atoms with Crippen LogP contribution in [0.25, 0.3) is 6.08 Å². The SMILES string of the molecule is CCOC(=O)/C=C/c1ccc(NC(=O)COc2ccccc2OCC)cc1. The molecular weight excluding hydrogens is 346 g/mol. The third-order valence-electron chi connectivity index (χ3n) is 3.40. The fourth-order valence-corrected chi connectivity index (χ4v) is 2.22. The van der Waals surface area contributed by atoms with Crippen LogP contribution in [0.1, 0.15) is 19.4 Å². The normalized spacial score (nSPS) is 10.4. The zero-order valence-corrected chi connectivity index (χ0v) is 15.4. The number of ether oxygens (including phenoxy) is 3. The predicted molar refractivity (Wildman–Crippen MR) is 104 cm³/mol. The van der Waals surface area contributed by atoms with Gasteiger partial charge in [0.25, 0.3) is 5.91 Å². The second-order valence-electron chi connectivity index (χ2n) is 5.42. The topological polar surface area (TPSA) is 73.9 Å². The molecule has 0 aliphatic heterocycles. The first-order valence-electron chi connectivity index (χ1n) is 8.71. The molecule has 6 nitrogen and oxygen atoms in total. The number of hydrogen-bond donors (Lipinski definition) is 1. The van der Waals surface area contributed by atoms with E-state index >= 15 is 0 Å². The number of para-hydroxylation sites is 2. The molecule has 0 heterocycles. The highest BCUT2D eigenvalue weighted by molar-refractivity contribution is 5.92. The molecule has 0 radical (unpaired) electrons. The smallest absolute Gasteiger partial charge is 0.330 e. The van der Waals surface area contributed by atoms with Crippen LogP contribution in [0.3, 0.4) is 0 Å². The van der Waals surface area contributed by atoms with Gasteiger partial charge in [0, 0.05) is 11.8 Å². The Morgan fingerprint density at radius 3 is 2.22 bits per heavy atom. The number of rotatable bonds is 9. The second kappa shape index (κ2) is 10.7. The van der Waals surface area contributed by atoms with Crippen molar-refractivity contribution in [2.75, 3.05) is 25.1 Å². The summed E-state index contributed by atoms with van der Waals surface area (Å²) in [7, 11) is 0. The molecular formula is C21H23NO5. The number of esters is 1. The van der Waals surface area contributed by atoms with Gasteiger partial charge < -0.3 is 19.5 Å². The van der Waals surface area contributed by atoms with Crippen LogP contribution in [0.2, 0.25) is 0 Å². The molecule has 27 heavy (non-hydrogen) atoms. The summed E-state index contributed by atoms with van der Waals surface area (Å²) in [6.07, 6.45) is 3.01. The van der Waals surface area contributed by atoms with Crippen molar-refractivity contribution >= 4 is 23.6 Å². The third kappa shape index (κ3) is 6.86. The van der Waals surface area contributed by atoms with Crippen molar-refractivity contribution in [2.45, 2.75) is 13.8 Å². The van der Waals surface area contributed by atoms with Crippen LogP contribution in [-0.2, 0) is 14.3 Å². The maximum absolute atomic E-state index is 12.1. The average Bonchev–Trinajstić information content (AvgIpc) is 2.67. The Balaban J connectivity index is 1.86. The van der Waals surface area contributed by atoms with Gasteiger partial charge in [0.2, 0.25) is 0 Å². The average molecular weight is 369 g/mol. The molecule has 0 saturated heterocycles. The fraction of sp³-hybridized carbons (Fsp3) is 0.238. The van der Waals surface area contributed by atoms with E-state index in [1.165, 1.54) is 6.08 Å². The molecule has 0 spiro atoms. The minimum Gasteiger partial charge on any atom is -0.490 e. The van der Waals surface area contributed by atoms with Crippen LogP contribution in [0.4, 0.5) is 5.69 Å². The summed E-state index contributed by atoms with van der Waals surface area (Å²) in [5, 5.41) is 2.76.